The summed E-state index contributed by atoms with van der Waals surface area (Å²) in [6.07, 6.45) is 3.90. The van der Waals surface area contributed by atoms with Crippen molar-refractivity contribution < 1.29 is 4.79 Å². The Balaban J connectivity index is 1.60. The monoisotopic (exact) mass is 314 g/mol. The fourth-order valence-corrected chi connectivity index (χ4v) is 4.08. The number of rotatable bonds is 1. The van der Waals surface area contributed by atoms with Crippen LogP contribution in [-0.4, -0.2) is 22.3 Å². The van der Waals surface area contributed by atoms with Crippen LogP contribution in [0.1, 0.15) is 29.2 Å². The number of H-pyrrole nitrogens is 1. The highest BCUT2D eigenvalue weighted by Crippen LogP contribution is 2.39. The molecule has 24 heavy (non-hydrogen) atoms. The highest BCUT2D eigenvalue weighted by molar-refractivity contribution is 5.98. The van der Waals surface area contributed by atoms with E-state index in [1.54, 1.807) is 0 Å². The van der Waals surface area contributed by atoms with E-state index in [0.29, 0.717) is 0 Å². The molecule has 1 amide bonds. The van der Waals surface area contributed by atoms with Crippen LogP contribution in [0.15, 0.2) is 60.7 Å². The number of hydrogen-bond donors (Lipinski definition) is 1. The molecule has 2 aromatic carbocycles. The molecule has 0 bridgehead atoms. The summed E-state index contributed by atoms with van der Waals surface area (Å²) in [6, 6.07) is 18.5. The van der Waals surface area contributed by atoms with Crippen molar-refractivity contribution in [1.82, 2.24) is 9.88 Å². The summed E-state index contributed by atoms with van der Waals surface area (Å²) < 4.78 is 0. The SMILES string of the molecule is O=C1C(c2ccccc2)CC=C2c3[nH]c4ccccc4c3CCN12. The quantitative estimate of drug-likeness (QED) is 0.722. The van der Waals surface area contributed by atoms with E-state index in [4.69, 9.17) is 0 Å². The summed E-state index contributed by atoms with van der Waals surface area (Å²) in [6.45, 7) is 0.767. The molecule has 1 N–H and O–H groups in total. The van der Waals surface area contributed by atoms with Gasteiger partial charge in [0.1, 0.15) is 0 Å². The number of carbonyl (C=O) groups is 1. The topological polar surface area (TPSA) is 36.1 Å². The Labute approximate surface area is 140 Å². The van der Waals surface area contributed by atoms with Gasteiger partial charge in [0.2, 0.25) is 5.91 Å². The van der Waals surface area contributed by atoms with E-state index in [-0.39, 0.29) is 11.8 Å². The molecule has 1 unspecified atom stereocenters. The fourth-order valence-electron chi connectivity index (χ4n) is 4.08. The van der Waals surface area contributed by atoms with E-state index in [1.807, 2.05) is 29.2 Å². The summed E-state index contributed by atoms with van der Waals surface area (Å²) in [5, 5.41) is 1.28. The number of benzene rings is 2. The largest absolute Gasteiger partial charge is 0.353 e. The number of aromatic amines is 1. The Morgan fingerprint density at radius 1 is 1.00 bits per heavy atom. The van der Waals surface area contributed by atoms with Gasteiger partial charge in [0.25, 0.3) is 0 Å². The molecule has 3 nitrogen and oxygen atoms in total. The molecule has 118 valence electrons. The summed E-state index contributed by atoms with van der Waals surface area (Å²) in [5.74, 6) is 0.170. The zero-order chi connectivity index (χ0) is 16.1. The predicted molar refractivity (Wildman–Crippen MR) is 95.5 cm³/mol. The van der Waals surface area contributed by atoms with Crippen LogP contribution in [0.3, 0.4) is 0 Å². The molecule has 1 atom stereocenters. The van der Waals surface area contributed by atoms with Gasteiger partial charge in [0.15, 0.2) is 0 Å². The lowest BCUT2D eigenvalue weighted by Crippen LogP contribution is -2.40. The highest BCUT2D eigenvalue weighted by Gasteiger charge is 2.36. The molecular weight excluding hydrogens is 296 g/mol. The van der Waals surface area contributed by atoms with E-state index < -0.39 is 0 Å². The van der Waals surface area contributed by atoms with E-state index >= 15 is 0 Å². The first-order chi connectivity index (χ1) is 11.8. The lowest BCUT2D eigenvalue weighted by molar-refractivity contribution is -0.130. The average Bonchev–Trinajstić information content (AvgIpc) is 3.02. The van der Waals surface area contributed by atoms with Crippen molar-refractivity contribution in [3.8, 4) is 0 Å². The normalized spacial score (nSPS) is 19.8. The van der Waals surface area contributed by atoms with Crippen molar-refractivity contribution in [2.45, 2.75) is 18.8 Å². The van der Waals surface area contributed by atoms with Crippen molar-refractivity contribution in [2.24, 2.45) is 0 Å². The summed E-state index contributed by atoms with van der Waals surface area (Å²) in [4.78, 5) is 18.6. The molecule has 0 saturated heterocycles. The number of hydrogen-bond acceptors (Lipinski definition) is 1. The molecule has 0 spiro atoms. The molecule has 0 saturated carbocycles. The van der Waals surface area contributed by atoms with Crippen molar-refractivity contribution in [1.29, 1.82) is 0 Å². The predicted octanol–water partition coefficient (Wildman–Crippen LogP) is 4.08. The molecule has 0 radical (unpaired) electrons. The van der Waals surface area contributed by atoms with Crippen molar-refractivity contribution in [3.05, 3.63) is 77.5 Å². The summed E-state index contributed by atoms with van der Waals surface area (Å²) in [5.41, 5.74) is 5.80. The van der Waals surface area contributed by atoms with Gasteiger partial charge in [-0.3, -0.25) is 4.79 Å². The number of amides is 1. The molecule has 1 aromatic heterocycles. The van der Waals surface area contributed by atoms with E-state index in [1.165, 1.54) is 10.9 Å². The maximum Gasteiger partial charge on any atom is 0.234 e. The number of aromatic nitrogens is 1. The molecule has 2 aliphatic rings. The molecule has 3 heteroatoms. The van der Waals surface area contributed by atoms with Crippen molar-refractivity contribution in [3.63, 3.8) is 0 Å². The van der Waals surface area contributed by atoms with E-state index in [2.05, 4.69) is 41.4 Å². The third-order valence-corrected chi connectivity index (χ3v) is 5.26. The smallest absolute Gasteiger partial charge is 0.234 e. The summed E-state index contributed by atoms with van der Waals surface area (Å²) >= 11 is 0. The van der Waals surface area contributed by atoms with Crippen LogP contribution in [0.5, 0.6) is 0 Å². The Kier molecular flexibility index (Phi) is 2.89. The maximum absolute atomic E-state index is 13.1. The number of allylic oxidation sites excluding steroid dienone is 1. The fraction of sp³-hybridized carbons (Fsp3) is 0.190. The van der Waals surface area contributed by atoms with Gasteiger partial charge in [0, 0.05) is 17.4 Å². The van der Waals surface area contributed by atoms with Gasteiger partial charge in [-0.15, -0.1) is 0 Å². The zero-order valence-electron chi connectivity index (χ0n) is 13.3. The molecule has 5 rings (SSSR count). The van der Waals surface area contributed by atoms with Gasteiger partial charge in [-0.1, -0.05) is 54.6 Å². The lowest BCUT2D eigenvalue weighted by Gasteiger charge is -2.36. The number of para-hydroxylation sites is 1. The molecular formula is C21H18N2O. The first-order valence-corrected chi connectivity index (χ1v) is 8.49. The second-order valence-electron chi connectivity index (χ2n) is 6.55. The zero-order valence-corrected chi connectivity index (χ0v) is 13.3. The second kappa shape index (κ2) is 5.10. The Bertz CT molecular complexity index is 968. The molecule has 3 aromatic rings. The van der Waals surface area contributed by atoms with Gasteiger partial charge in [-0.2, -0.15) is 0 Å². The average molecular weight is 314 g/mol. The minimum Gasteiger partial charge on any atom is -0.353 e. The van der Waals surface area contributed by atoms with E-state index in [9.17, 15) is 4.79 Å². The number of nitrogens with zero attached hydrogens (tertiary/aromatic N) is 1. The minimum atomic E-state index is -0.0547. The molecule has 0 aliphatic carbocycles. The summed E-state index contributed by atoms with van der Waals surface area (Å²) in [7, 11) is 0. The van der Waals surface area contributed by atoms with Gasteiger partial charge in [0.05, 0.1) is 17.3 Å². The van der Waals surface area contributed by atoms with Gasteiger partial charge in [-0.05, 0) is 30.0 Å². The van der Waals surface area contributed by atoms with Crippen LogP contribution in [0.2, 0.25) is 0 Å². The highest BCUT2D eigenvalue weighted by atomic mass is 16.2. The Morgan fingerprint density at radius 2 is 1.79 bits per heavy atom. The number of carbonyl (C=O) groups excluding carboxylic acids is 1. The van der Waals surface area contributed by atoms with Crippen LogP contribution in [-0.2, 0) is 11.2 Å². The Hall–Kier alpha value is -2.81. The van der Waals surface area contributed by atoms with Gasteiger partial charge >= 0.3 is 0 Å². The van der Waals surface area contributed by atoms with Crippen molar-refractivity contribution >= 4 is 22.5 Å². The third-order valence-electron chi connectivity index (χ3n) is 5.26. The number of nitrogens with one attached hydrogen (secondary N) is 1. The number of fused-ring (bicyclic) bond motifs is 5. The standard InChI is InChI=1S/C21H18N2O/c24-21-15(14-6-2-1-3-7-14)10-11-19-20-17(12-13-23(19)21)16-8-4-5-9-18(16)22-20/h1-9,11,15,22H,10,12-13H2. The molecule has 0 fully saturated rings. The van der Waals surface area contributed by atoms with Crippen LogP contribution < -0.4 is 0 Å². The third kappa shape index (κ3) is 1.88. The second-order valence-corrected chi connectivity index (χ2v) is 6.55. The van der Waals surface area contributed by atoms with E-state index in [0.717, 1.165) is 41.9 Å². The first kappa shape index (κ1) is 13.6. The Morgan fingerprint density at radius 3 is 2.67 bits per heavy atom. The van der Waals surface area contributed by atoms with Gasteiger partial charge < -0.3 is 9.88 Å². The van der Waals surface area contributed by atoms with Crippen molar-refractivity contribution in [2.75, 3.05) is 6.54 Å². The van der Waals surface area contributed by atoms with Crippen LogP contribution in [0.25, 0.3) is 16.6 Å². The lowest BCUT2D eigenvalue weighted by atomic mass is 9.88. The molecule has 3 heterocycles. The van der Waals surface area contributed by atoms with Crippen LogP contribution in [0.4, 0.5) is 0 Å². The van der Waals surface area contributed by atoms with Crippen LogP contribution >= 0.6 is 0 Å². The van der Waals surface area contributed by atoms with Gasteiger partial charge in [-0.25, -0.2) is 0 Å². The van der Waals surface area contributed by atoms with Crippen LogP contribution in [0, 0.1) is 0 Å². The maximum atomic E-state index is 13.1. The molecule has 2 aliphatic heterocycles. The minimum absolute atomic E-state index is 0.0547. The first-order valence-electron chi connectivity index (χ1n) is 8.49.